The highest BCUT2D eigenvalue weighted by atomic mass is 16.3. The van der Waals surface area contributed by atoms with Gasteiger partial charge in [-0.1, -0.05) is 0 Å². The van der Waals surface area contributed by atoms with Crippen LogP contribution < -0.4 is 0 Å². The molecule has 0 aromatic carbocycles. The van der Waals surface area contributed by atoms with Gasteiger partial charge in [0.25, 0.3) is 0 Å². The molecule has 0 radical (unpaired) electrons. The first-order chi connectivity index (χ1) is 6.99. The van der Waals surface area contributed by atoms with Gasteiger partial charge in [0.1, 0.15) is 0 Å². The first kappa shape index (κ1) is 12.9. The molecule has 1 unspecified atom stereocenters. The molecule has 1 heterocycles. The monoisotopic (exact) mass is 218 g/mol. The van der Waals surface area contributed by atoms with Crippen molar-refractivity contribution in [2.75, 3.05) is 27.2 Å². The molecule has 1 aliphatic rings. The van der Waals surface area contributed by atoms with Crippen LogP contribution in [0.5, 0.6) is 0 Å². The van der Waals surface area contributed by atoms with Gasteiger partial charge in [0.2, 0.25) is 0 Å². The Morgan fingerprint density at radius 2 is 2.00 bits per heavy atom. The van der Waals surface area contributed by atoms with Gasteiger partial charge < -0.3 is 15.3 Å². The van der Waals surface area contributed by atoms with Gasteiger partial charge in [-0.3, -0.25) is 9.80 Å². The van der Waals surface area contributed by atoms with Crippen LogP contribution in [0.25, 0.3) is 0 Å². The lowest BCUT2D eigenvalue weighted by atomic mass is 9.96. The van der Waals surface area contributed by atoms with Crippen molar-refractivity contribution in [3.63, 3.8) is 0 Å². The minimum absolute atomic E-state index is 0.129. The van der Waals surface area contributed by atoms with Crippen molar-refractivity contribution in [3.8, 4) is 0 Å². The molecular weight excluding hydrogens is 196 g/mol. The summed E-state index contributed by atoms with van der Waals surface area (Å²) >= 11 is 0. The fraction of sp³-hybridized carbons (Fsp3) is 1.00. The first-order valence-electron chi connectivity index (χ1n) is 5.38. The summed E-state index contributed by atoms with van der Waals surface area (Å²) in [5.74, 6) is 0. The lowest BCUT2D eigenvalue weighted by Gasteiger charge is -2.45. The Kier molecular flexibility index (Phi) is 4.48. The summed E-state index contributed by atoms with van der Waals surface area (Å²) in [6.07, 6.45) is -0.876. The maximum atomic E-state index is 9.77. The highest BCUT2D eigenvalue weighted by Crippen LogP contribution is 2.21. The van der Waals surface area contributed by atoms with Crippen molar-refractivity contribution in [1.29, 1.82) is 0 Å². The van der Waals surface area contributed by atoms with Gasteiger partial charge in [0, 0.05) is 6.54 Å². The third-order valence-corrected chi connectivity index (χ3v) is 3.31. The SMILES string of the molecule is CC(N(C)C)N1CC[C@@H](O)[C@H](O)[C@@H]1CO. The van der Waals surface area contributed by atoms with Crippen molar-refractivity contribution in [3.05, 3.63) is 0 Å². The number of rotatable bonds is 3. The number of hydrogen-bond acceptors (Lipinski definition) is 5. The maximum Gasteiger partial charge on any atom is 0.0977 e. The molecule has 1 saturated heterocycles. The first-order valence-corrected chi connectivity index (χ1v) is 5.38. The second-order valence-electron chi connectivity index (χ2n) is 4.43. The molecule has 0 spiro atoms. The predicted octanol–water partition coefficient (Wildman–Crippen LogP) is -1.32. The summed E-state index contributed by atoms with van der Waals surface area (Å²) in [7, 11) is 3.91. The zero-order valence-corrected chi connectivity index (χ0v) is 9.67. The number of hydrogen-bond donors (Lipinski definition) is 3. The molecule has 3 N–H and O–H groups in total. The molecule has 4 atom stereocenters. The molecule has 0 bridgehead atoms. The number of aliphatic hydroxyl groups excluding tert-OH is 3. The zero-order chi connectivity index (χ0) is 11.6. The maximum absolute atomic E-state index is 9.77. The van der Waals surface area contributed by atoms with E-state index in [1.165, 1.54) is 0 Å². The van der Waals surface area contributed by atoms with Crippen LogP contribution in [0.3, 0.4) is 0 Å². The molecule has 1 rings (SSSR count). The average Bonchev–Trinajstić information content (AvgIpc) is 2.20. The van der Waals surface area contributed by atoms with Gasteiger partial charge >= 0.3 is 0 Å². The molecule has 5 heteroatoms. The molecule has 15 heavy (non-hydrogen) atoms. The van der Waals surface area contributed by atoms with Crippen LogP contribution in [0, 0.1) is 0 Å². The summed E-state index contributed by atoms with van der Waals surface area (Å²) in [6.45, 7) is 2.59. The second kappa shape index (κ2) is 5.23. The van der Waals surface area contributed by atoms with E-state index in [1.54, 1.807) is 0 Å². The van der Waals surface area contributed by atoms with Gasteiger partial charge in [0.15, 0.2) is 0 Å². The highest BCUT2D eigenvalue weighted by molar-refractivity contribution is 4.90. The molecular formula is C10H22N2O3. The number of aliphatic hydroxyl groups is 3. The third kappa shape index (κ3) is 2.68. The number of nitrogens with zero attached hydrogens (tertiary/aromatic N) is 2. The smallest absolute Gasteiger partial charge is 0.0977 e. The molecule has 5 nitrogen and oxygen atoms in total. The van der Waals surface area contributed by atoms with Gasteiger partial charge in [-0.2, -0.15) is 0 Å². The largest absolute Gasteiger partial charge is 0.395 e. The molecule has 1 aliphatic heterocycles. The van der Waals surface area contributed by atoms with Gasteiger partial charge in [-0.25, -0.2) is 0 Å². The van der Waals surface area contributed by atoms with Crippen LogP contribution in [0.15, 0.2) is 0 Å². The van der Waals surface area contributed by atoms with Gasteiger partial charge in [-0.05, 0) is 27.4 Å². The van der Waals surface area contributed by atoms with E-state index in [9.17, 15) is 15.3 Å². The van der Waals surface area contributed by atoms with E-state index in [0.717, 1.165) is 0 Å². The minimum atomic E-state index is -0.855. The topological polar surface area (TPSA) is 67.2 Å². The summed E-state index contributed by atoms with van der Waals surface area (Å²) in [6, 6.07) is -0.369. The predicted molar refractivity (Wildman–Crippen MR) is 57.4 cm³/mol. The highest BCUT2D eigenvalue weighted by Gasteiger charge is 2.37. The van der Waals surface area contributed by atoms with Crippen molar-refractivity contribution in [2.24, 2.45) is 0 Å². The van der Waals surface area contributed by atoms with E-state index in [4.69, 9.17) is 0 Å². The average molecular weight is 218 g/mol. The second-order valence-corrected chi connectivity index (χ2v) is 4.43. The Hall–Kier alpha value is -0.200. The lowest BCUT2D eigenvalue weighted by Crippen LogP contribution is -2.61. The Balaban J connectivity index is 2.71. The van der Waals surface area contributed by atoms with Crippen molar-refractivity contribution in [1.82, 2.24) is 9.80 Å². The molecule has 1 fully saturated rings. The Bertz CT molecular complexity index is 201. The number of piperidine rings is 1. The van der Waals surface area contributed by atoms with E-state index >= 15 is 0 Å². The van der Waals surface area contributed by atoms with Crippen LogP contribution in [0.4, 0.5) is 0 Å². The van der Waals surface area contributed by atoms with E-state index in [-0.39, 0.29) is 18.8 Å². The van der Waals surface area contributed by atoms with Crippen molar-refractivity contribution < 1.29 is 15.3 Å². The summed E-state index contributed by atoms with van der Waals surface area (Å²) in [4.78, 5) is 4.05. The van der Waals surface area contributed by atoms with Crippen LogP contribution in [0.2, 0.25) is 0 Å². The van der Waals surface area contributed by atoms with Crippen molar-refractivity contribution in [2.45, 2.75) is 37.8 Å². The van der Waals surface area contributed by atoms with E-state index < -0.39 is 12.2 Å². The normalized spacial score (nSPS) is 35.8. The van der Waals surface area contributed by atoms with E-state index in [2.05, 4.69) is 0 Å². The fourth-order valence-electron chi connectivity index (χ4n) is 2.04. The summed E-state index contributed by atoms with van der Waals surface area (Å²) in [5, 5.41) is 28.5. The molecule has 0 aromatic rings. The molecule has 0 aromatic heterocycles. The van der Waals surface area contributed by atoms with Gasteiger partial charge in [-0.15, -0.1) is 0 Å². The Morgan fingerprint density at radius 1 is 1.40 bits per heavy atom. The Morgan fingerprint density at radius 3 is 2.47 bits per heavy atom. The standard InChI is InChI=1S/C10H22N2O3/c1-7(11(2)3)12-5-4-9(14)10(15)8(12)6-13/h7-10,13-15H,4-6H2,1-3H3/t7?,8-,9+,10+/m0/s1. The van der Waals surface area contributed by atoms with E-state index in [1.807, 2.05) is 30.8 Å². The number of likely N-dealkylation sites (tertiary alicyclic amines) is 1. The van der Waals surface area contributed by atoms with Crippen LogP contribution in [0.1, 0.15) is 13.3 Å². The van der Waals surface area contributed by atoms with Crippen LogP contribution in [-0.2, 0) is 0 Å². The fourth-order valence-corrected chi connectivity index (χ4v) is 2.04. The van der Waals surface area contributed by atoms with Gasteiger partial charge in [0.05, 0.1) is 31.0 Å². The lowest BCUT2D eigenvalue weighted by molar-refractivity contribution is -0.115. The van der Waals surface area contributed by atoms with Crippen molar-refractivity contribution >= 4 is 0 Å². The molecule has 0 amide bonds. The van der Waals surface area contributed by atoms with Crippen LogP contribution in [-0.4, -0.2) is 76.8 Å². The van der Waals surface area contributed by atoms with E-state index in [0.29, 0.717) is 13.0 Å². The molecule has 0 saturated carbocycles. The zero-order valence-electron chi connectivity index (χ0n) is 9.67. The molecule has 90 valence electrons. The third-order valence-electron chi connectivity index (χ3n) is 3.31. The summed E-state index contributed by atoms with van der Waals surface area (Å²) < 4.78 is 0. The van der Waals surface area contributed by atoms with Crippen LogP contribution >= 0.6 is 0 Å². The minimum Gasteiger partial charge on any atom is -0.395 e. The quantitative estimate of drug-likeness (QED) is 0.548. The molecule has 0 aliphatic carbocycles. The Labute approximate surface area is 90.9 Å². The summed E-state index contributed by atoms with van der Waals surface area (Å²) in [5.41, 5.74) is 0.